The third-order valence-corrected chi connectivity index (χ3v) is 6.75. The normalized spacial score (nSPS) is 25.8. The van der Waals surface area contributed by atoms with E-state index >= 15 is 4.39 Å². The first-order valence-electron chi connectivity index (χ1n) is 11.8. The molecular formula is C27H32FNO6. The summed E-state index contributed by atoms with van der Waals surface area (Å²) < 4.78 is 33.2. The molecule has 2 aliphatic rings. The smallest absolute Gasteiger partial charge is 0.418 e. The summed E-state index contributed by atoms with van der Waals surface area (Å²) >= 11 is 0. The average molecular weight is 486 g/mol. The molecule has 0 saturated carbocycles. The van der Waals surface area contributed by atoms with Crippen LogP contribution in [0.15, 0.2) is 60.7 Å². The van der Waals surface area contributed by atoms with Crippen molar-refractivity contribution in [3.05, 3.63) is 71.8 Å². The Labute approximate surface area is 204 Å². The van der Waals surface area contributed by atoms with E-state index in [9.17, 15) is 14.7 Å². The molecule has 0 aromatic heterocycles. The highest BCUT2D eigenvalue weighted by Gasteiger charge is 2.63. The molecule has 188 valence electrons. The Hall–Kier alpha value is -2.81. The second kappa shape index (κ2) is 9.00. The first-order chi connectivity index (χ1) is 16.4. The lowest BCUT2D eigenvalue weighted by atomic mass is 9.75. The molecule has 2 aromatic rings. The van der Waals surface area contributed by atoms with E-state index in [0.717, 1.165) is 11.8 Å². The van der Waals surface area contributed by atoms with Gasteiger partial charge in [-0.2, -0.15) is 0 Å². The minimum Gasteiger partial charge on any atom is -0.430 e. The van der Waals surface area contributed by atoms with Gasteiger partial charge in [0.15, 0.2) is 11.4 Å². The summed E-state index contributed by atoms with van der Waals surface area (Å²) in [6.45, 7) is 7.84. The third-order valence-electron chi connectivity index (χ3n) is 6.75. The SMILES string of the molecule is CC(C)C1N(C(=O)[C@](C)(F)[C@H](O)C2COC(C)(C)O2)C(=O)OC1(c1ccccc1)c1ccccc1. The molecule has 4 atom stereocenters. The summed E-state index contributed by atoms with van der Waals surface area (Å²) in [6, 6.07) is 17.3. The topological polar surface area (TPSA) is 85.3 Å². The monoisotopic (exact) mass is 485 g/mol. The molecule has 7 nitrogen and oxygen atoms in total. The summed E-state index contributed by atoms with van der Waals surface area (Å²) in [5, 5.41) is 10.8. The van der Waals surface area contributed by atoms with Gasteiger partial charge in [0.1, 0.15) is 12.2 Å². The zero-order valence-electron chi connectivity index (χ0n) is 20.6. The number of cyclic esters (lactones) is 1. The Balaban J connectivity index is 1.78. The summed E-state index contributed by atoms with van der Waals surface area (Å²) in [5.41, 5.74) is -2.89. The van der Waals surface area contributed by atoms with Crippen molar-refractivity contribution in [1.82, 2.24) is 4.90 Å². The molecule has 4 rings (SSSR count). The van der Waals surface area contributed by atoms with Crippen molar-refractivity contribution in [1.29, 1.82) is 0 Å². The first kappa shape index (κ1) is 25.3. The standard InChI is InChI=1S/C27H32FNO6/c1-17(2)21-27(18-12-8-6-9-13-18,19-14-10-7-11-15-19)35-24(32)29(21)23(31)26(5,28)22(30)20-16-33-25(3,4)34-20/h6-15,17,20-22,30H,16H2,1-5H3/t20?,21?,22-,26-/m1/s1. The largest absolute Gasteiger partial charge is 0.430 e. The number of imide groups is 1. The van der Waals surface area contributed by atoms with Crippen LogP contribution in [-0.4, -0.2) is 58.3 Å². The second-order valence-corrected chi connectivity index (χ2v) is 10.1. The van der Waals surface area contributed by atoms with Crippen molar-refractivity contribution < 1.29 is 33.3 Å². The zero-order valence-corrected chi connectivity index (χ0v) is 20.6. The molecule has 0 radical (unpaired) electrons. The maximum atomic E-state index is 16.1. The minimum absolute atomic E-state index is 0.0863. The highest BCUT2D eigenvalue weighted by Crippen LogP contribution is 2.48. The number of halogens is 1. The van der Waals surface area contributed by atoms with E-state index < -0.39 is 47.3 Å². The molecule has 2 saturated heterocycles. The van der Waals surface area contributed by atoms with Crippen molar-refractivity contribution in [2.45, 2.75) is 69.9 Å². The first-order valence-corrected chi connectivity index (χ1v) is 11.8. The number of nitrogens with zero attached hydrogens (tertiary/aromatic N) is 1. The van der Waals surface area contributed by atoms with Gasteiger partial charge in [-0.25, -0.2) is 14.1 Å². The Morgan fingerprint density at radius 2 is 1.60 bits per heavy atom. The number of alkyl halides is 1. The Morgan fingerprint density at radius 3 is 2.03 bits per heavy atom. The number of ether oxygens (including phenoxy) is 3. The van der Waals surface area contributed by atoms with Crippen molar-refractivity contribution in [3.8, 4) is 0 Å². The van der Waals surface area contributed by atoms with E-state index in [1.165, 1.54) is 0 Å². The van der Waals surface area contributed by atoms with Crippen LogP contribution in [-0.2, 0) is 24.6 Å². The molecule has 0 aliphatic carbocycles. The summed E-state index contributed by atoms with van der Waals surface area (Å²) in [6.07, 6.45) is -3.91. The molecule has 2 aliphatic heterocycles. The van der Waals surface area contributed by atoms with Gasteiger partial charge in [-0.1, -0.05) is 74.5 Å². The Bertz CT molecular complexity index is 1030. The van der Waals surface area contributed by atoms with E-state index in [4.69, 9.17) is 14.2 Å². The fourth-order valence-corrected chi connectivity index (χ4v) is 5.10. The van der Waals surface area contributed by atoms with Crippen LogP contribution in [0.1, 0.15) is 45.7 Å². The molecule has 1 N–H and O–H groups in total. The second-order valence-electron chi connectivity index (χ2n) is 10.1. The Kier molecular flexibility index (Phi) is 6.51. The molecule has 2 heterocycles. The number of amides is 2. The Morgan fingerprint density at radius 1 is 1.09 bits per heavy atom. The van der Waals surface area contributed by atoms with Gasteiger partial charge in [-0.3, -0.25) is 4.79 Å². The van der Waals surface area contributed by atoms with Gasteiger partial charge in [-0.15, -0.1) is 0 Å². The van der Waals surface area contributed by atoms with Crippen LogP contribution in [0.5, 0.6) is 0 Å². The van der Waals surface area contributed by atoms with Crippen LogP contribution in [0, 0.1) is 5.92 Å². The molecular weight excluding hydrogens is 453 g/mol. The summed E-state index contributed by atoms with van der Waals surface area (Å²) in [5.74, 6) is -2.52. The van der Waals surface area contributed by atoms with Crippen molar-refractivity contribution >= 4 is 12.0 Å². The number of carbonyl (C=O) groups is 2. The fourth-order valence-electron chi connectivity index (χ4n) is 5.10. The lowest BCUT2D eigenvalue weighted by Crippen LogP contribution is -2.59. The van der Waals surface area contributed by atoms with Crippen LogP contribution in [0.4, 0.5) is 9.18 Å². The van der Waals surface area contributed by atoms with Crippen LogP contribution in [0.25, 0.3) is 0 Å². The van der Waals surface area contributed by atoms with Crippen LogP contribution < -0.4 is 0 Å². The van der Waals surface area contributed by atoms with Gasteiger partial charge in [0, 0.05) is 11.1 Å². The number of hydrogen-bond acceptors (Lipinski definition) is 6. The average Bonchev–Trinajstić information content (AvgIpc) is 3.36. The van der Waals surface area contributed by atoms with Gasteiger partial charge >= 0.3 is 6.09 Å². The molecule has 0 bridgehead atoms. The predicted octanol–water partition coefficient (Wildman–Crippen LogP) is 4.17. The highest BCUT2D eigenvalue weighted by molar-refractivity contribution is 5.99. The van der Waals surface area contributed by atoms with E-state index in [2.05, 4.69) is 0 Å². The zero-order chi connectivity index (χ0) is 25.6. The maximum absolute atomic E-state index is 16.1. The predicted molar refractivity (Wildman–Crippen MR) is 126 cm³/mol. The van der Waals surface area contributed by atoms with Gasteiger partial charge in [0.2, 0.25) is 5.67 Å². The van der Waals surface area contributed by atoms with Crippen LogP contribution >= 0.6 is 0 Å². The molecule has 2 fully saturated rings. The van der Waals surface area contributed by atoms with E-state index in [-0.39, 0.29) is 12.5 Å². The number of hydrogen-bond donors (Lipinski definition) is 1. The van der Waals surface area contributed by atoms with Crippen LogP contribution in [0.3, 0.4) is 0 Å². The lowest BCUT2D eigenvalue weighted by molar-refractivity contribution is -0.175. The van der Waals surface area contributed by atoms with Crippen molar-refractivity contribution in [2.75, 3.05) is 6.61 Å². The fraction of sp³-hybridized carbons (Fsp3) is 0.481. The molecule has 2 unspecified atom stereocenters. The summed E-state index contributed by atoms with van der Waals surface area (Å²) in [4.78, 5) is 27.9. The van der Waals surface area contributed by atoms with Gasteiger partial charge in [0.05, 0.1) is 12.6 Å². The molecule has 8 heteroatoms. The number of rotatable bonds is 6. The molecule has 35 heavy (non-hydrogen) atoms. The highest BCUT2D eigenvalue weighted by atomic mass is 19.1. The maximum Gasteiger partial charge on any atom is 0.418 e. The quantitative estimate of drug-likeness (QED) is 0.661. The van der Waals surface area contributed by atoms with Gasteiger partial charge < -0.3 is 19.3 Å². The molecule has 2 aromatic carbocycles. The number of carbonyl (C=O) groups excluding carboxylic acids is 2. The minimum atomic E-state index is -2.84. The van der Waals surface area contributed by atoms with Crippen LogP contribution in [0.2, 0.25) is 0 Å². The molecule has 0 spiro atoms. The van der Waals surface area contributed by atoms with E-state index in [1.807, 2.05) is 74.5 Å². The number of benzene rings is 2. The van der Waals surface area contributed by atoms with Crippen molar-refractivity contribution in [2.24, 2.45) is 5.92 Å². The number of aliphatic hydroxyl groups is 1. The van der Waals surface area contributed by atoms with E-state index in [1.54, 1.807) is 13.8 Å². The van der Waals surface area contributed by atoms with Gasteiger partial charge in [-0.05, 0) is 26.7 Å². The lowest BCUT2D eigenvalue weighted by Gasteiger charge is -2.39. The van der Waals surface area contributed by atoms with Gasteiger partial charge in [0.25, 0.3) is 5.91 Å². The summed E-state index contributed by atoms with van der Waals surface area (Å²) in [7, 11) is 0. The number of aliphatic hydroxyl groups excluding tert-OH is 1. The van der Waals surface area contributed by atoms with E-state index in [0.29, 0.717) is 11.1 Å². The van der Waals surface area contributed by atoms with Crippen molar-refractivity contribution in [3.63, 3.8) is 0 Å². The third kappa shape index (κ3) is 4.24. The molecule has 2 amide bonds.